The molecule has 0 saturated heterocycles. The van der Waals surface area contributed by atoms with Crippen LogP contribution in [0.3, 0.4) is 0 Å². The normalized spacial score (nSPS) is 9.83. The molecule has 0 atom stereocenters. The van der Waals surface area contributed by atoms with Gasteiger partial charge in [-0.2, -0.15) is 0 Å². The Balaban J connectivity index is 2.51. The first-order valence-electron chi connectivity index (χ1n) is 5.48. The summed E-state index contributed by atoms with van der Waals surface area (Å²) in [4.78, 5) is 33.2. The Morgan fingerprint density at radius 2 is 1.61 bits per heavy atom. The highest BCUT2D eigenvalue weighted by Crippen LogP contribution is 2.09. The molecular weight excluding hydrogens is 236 g/mol. The van der Waals surface area contributed by atoms with Crippen molar-refractivity contribution >= 4 is 17.7 Å². The molecule has 1 aromatic carbocycles. The van der Waals surface area contributed by atoms with Crippen molar-refractivity contribution < 1.29 is 24.2 Å². The Labute approximate surface area is 104 Å². The molecule has 0 aliphatic carbocycles. The maximum atomic E-state index is 11.7. The van der Waals surface area contributed by atoms with Crippen molar-refractivity contribution in [3.05, 3.63) is 35.4 Å². The molecule has 0 amide bonds. The Morgan fingerprint density at radius 1 is 1.06 bits per heavy atom. The van der Waals surface area contributed by atoms with Crippen molar-refractivity contribution in [1.82, 2.24) is 0 Å². The van der Waals surface area contributed by atoms with Crippen LogP contribution in [0.1, 0.15) is 40.0 Å². The number of ketones is 1. The summed E-state index contributed by atoms with van der Waals surface area (Å²) in [5, 5.41) is 8.71. The van der Waals surface area contributed by atoms with Crippen molar-refractivity contribution in [3.63, 3.8) is 0 Å². The zero-order valence-electron chi connectivity index (χ0n) is 10.0. The highest BCUT2D eigenvalue weighted by atomic mass is 16.5. The van der Waals surface area contributed by atoms with E-state index < -0.39 is 5.97 Å². The number of esters is 1. The number of aromatic carboxylic acids is 1. The second-order valence-corrected chi connectivity index (χ2v) is 3.74. The van der Waals surface area contributed by atoms with E-state index in [0.717, 1.165) is 0 Å². The highest BCUT2D eigenvalue weighted by Gasteiger charge is 2.09. The monoisotopic (exact) mass is 250 g/mol. The van der Waals surface area contributed by atoms with Gasteiger partial charge >= 0.3 is 11.9 Å². The second kappa shape index (κ2) is 6.54. The fourth-order valence-electron chi connectivity index (χ4n) is 1.44. The van der Waals surface area contributed by atoms with Gasteiger partial charge in [0.1, 0.15) is 0 Å². The molecule has 5 heteroatoms. The predicted octanol–water partition coefficient (Wildman–Crippen LogP) is 1.91. The largest absolute Gasteiger partial charge is 0.478 e. The quantitative estimate of drug-likeness (QED) is 0.616. The van der Waals surface area contributed by atoms with Crippen molar-refractivity contribution in [2.45, 2.75) is 19.3 Å². The Hall–Kier alpha value is -2.17. The number of carbonyl (C=O) groups excluding carboxylic acids is 2. The van der Waals surface area contributed by atoms with Gasteiger partial charge in [0.25, 0.3) is 0 Å². The first kappa shape index (κ1) is 13.9. The van der Waals surface area contributed by atoms with E-state index in [2.05, 4.69) is 4.74 Å². The van der Waals surface area contributed by atoms with Crippen LogP contribution in [0.15, 0.2) is 24.3 Å². The number of rotatable bonds is 6. The van der Waals surface area contributed by atoms with Gasteiger partial charge in [0.05, 0.1) is 12.7 Å². The van der Waals surface area contributed by atoms with Gasteiger partial charge in [-0.05, 0) is 18.6 Å². The molecule has 0 aliphatic rings. The van der Waals surface area contributed by atoms with Crippen molar-refractivity contribution in [1.29, 1.82) is 0 Å². The number of hydrogen-bond acceptors (Lipinski definition) is 4. The smallest absolute Gasteiger partial charge is 0.335 e. The van der Waals surface area contributed by atoms with E-state index in [4.69, 9.17) is 5.11 Å². The average molecular weight is 250 g/mol. The third kappa shape index (κ3) is 4.01. The number of Topliss-reactive ketones (excluding diaryl/α,β-unsaturated/α-hetero) is 1. The van der Waals surface area contributed by atoms with Crippen molar-refractivity contribution in [2.24, 2.45) is 0 Å². The minimum Gasteiger partial charge on any atom is -0.478 e. The first-order valence-corrected chi connectivity index (χ1v) is 5.48. The van der Waals surface area contributed by atoms with E-state index in [0.29, 0.717) is 12.0 Å². The van der Waals surface area contributed by atoms with Crippen LogP contribution in [-0.2, 0) is 9.53 Å². The predicted molar refractivity (Wildman–Crippen MR) is 63.6 cm³/mol. The van der Waals surface area contributed by atoms with Crippen molar-refractivity contribution in [3.8, 4) is 0 Å². The van der Waals surface area contributed by atoms with Crippen LogP contribution in [0.4, 0.5) is 0 Å². The second-order valence-electron chi connectivity index (χ2n) is 3.74. The van der Waals surface area contributed by atoms with Crippen LogP contribution in [0, 0.1) is 0 Å². The highest BCUT2D eigenvalue weighted by molar-refractivity contribution is 5.97. The Morgan fingerprint density at radius 3 is 2.11 bits per heavy atom. The number of hydrogen-bond donors (Lipinski definition) is 1. The van der Waals surface area contributed by atoms with Gasteiger partial charge in [0, 0.05) is 18.4 Å². The van der Waals surface area contributed by atoms with Gasteiger partial charge in [-0.15, -0.1) is 0 Å². The topological polar surface area (TPSA) is 80.7 Å². The lowest BCUT2D eigenvalue weighted by atomic mass is 10.0. The average Bonchev–Trinajstić information content (AvgIpc) is 2.38. The summed E-state index contributed by atoms with van der Waals surface area (Å²) < 4.78 is 4.46. The standard InChI is InChI=1S/C13H14O5/c1-18-12(15)4-2-3-11(14)9-5-7-10(8-6-9)13(16)17/h5-8H,2-4H2,1H3,(H,16,17). The number of ether oxygens (including phenoxy) is 1. The number of carboxylic acids is 1. The van der Waals surface area contributed by atoms with Crippen LogP contribution in [0.25, 0.3) is 0 Å². The van der Waals surface area contributed by atoms with Gasteiger partial charge in [-0.1, -0.05) is 12.1 Å². The van der Waals surface area contributed by atoms with E-state index in [-0.39, 0.29) is 30.2 Å². The lowest BCUT2D eigenvalue weighted by Gasteiger charge is -2.01. The minimum atomic E-state index is -1.03. The molecule has 0 heterocycles. The fourth-order valence-corrected chi connectivity index (χ4v) is 1.44. The third-order valence-corrected chi connectivity index (χ3v) is 2.47. The van der Waals surface area contributed by atoms with Gasteiger partial charge < -0.3 is 9.84 Å². The van der Waals surface area contributed by atoms with E-state index >= 15 is 0 Å². The summed E-state index contributed by atoms with van der Waals surface area (Å²) in [6, 6.07) is 5.72. The number of carbonyl (C=O) groups is 3. The summed E-state index contributed by atoms with van der Waals surface area (Å²) in [7, 11) is 1.30. The molecule has 1 aromatic rings. The molecule has 0 spiro atoms. The molecule has 1 N–H and O–H groups in total. The molecule has 18 heavy (non-hydrogen) atoms. The SMILES string of the molecule is COC(=O)CCCC(=O)c1ccc(C(=O)O)cc1. The molecule has 5 nitrogen and oxygen atoms in total. The maximum Gasteiger partial charge on any atom is 0.335 e. The van der Waals surface area contributed by atoms with Crippen LogP contribution in [0.2, 0.25) is 0 Å². The molecule has 96 valence electrons. The van der Waals surface area contributed by atoms with E-state index in [9.17, 15) is 14.4 Å². The summed E-state index contributed by atoms with van der Waals surface area (Å²) in [6.45, 7) is 0. The lowest BCUT2D eigenvalue weighted by Crippen LogP contribution is -2.04. The van der Waals surface area contributed by atoms with Gasteiger partial charge in [-0.25, -0.2) is 4.79 Å². The van der Waals surface area contributed by atoms with Gasteiger partial charge in [0.2, 0.25) is 0 Å². The molecule has 0 saturated carbocycles. The van der Waals surface area contributed by atoms with Crippen molar-refractivity contribution in [2.75, 3.05) is 7.11 Å². The van der Waals surface area contributed by atoms with Crippen LogP contribution >= 0.6 is 0 Å². The number of benzene rings is 1. The van der Waals surface area contributed by atoms with Crippen LogP contribution in [0.5, 0.6) is 0 Å². The zero-order chi connectivity index (χ0) is 13.5. The van der Waals surface area contributed by atoms with E-state index in [1.165, 1.54) is 31.4 Å². The Kier molecular flexibility index (Phi) is 5.05. The zero-order valence-corrected chi connectivity index (χ0v) is 10.0. The molecule has 1 rings (SSSR count). The molecule has 0 radical (unpaired) electrons. The third-order valence-electron chi connectivity index (χ3n) is 2.47. The summed E-state index contributed by atoms with van der Waals surface area (Å²) in [5.41, 5.74) is 0.589. The minimum absolute atomic E-state index is 0.115. The molecule has 0 aliphatic heterocycles. The van der Waals surface area contributed by atoms with Crippen LogP contribution in [-0.4, -0.2) is 29.9 Å². The molecular formula is C13H14O5. The molecule has 0 bridgehead atoms. The van der Waals surface area contributed by atoms with E-state index in [1.807, 2.05) is 0 Å². The summed E-state index contributed by atoms with van der Waals surface area (Å²) in [6.07, 6.45) is 0.864. The van der Waals surface area contributed by atoms with Gasteiger partial charge in [0.15, 0.2) is 5.78 Å². The van der Waals surface area contributed by atoms with Crippen LogP contribution < -0.4 is 0 Å². The summed E-state index contributed by atoms with van der Waals surface area (Å²) in [5.74, 6) is -1.49. The molecule has 0 fully saturated rings. The first-order chi connectivity index (χ1) is 8.54. The number of methoxy groups -OCH3 is 1. The summed E-state index contributed by atoms with van der Waals surface area (Å²) >= 11 is 0. The number of carboxylic acid groups (broad SMARTS) is 1. The lowest BCUT2D eigenvalue weighted by molar-refractivity contribution is -0.140. The van der Waals surface area contributed by atoms with E-state index in [1.54, 1.807) is 0 Å². The van der Waals surface area contributed by atoms with Gasteiger partial charge in [-0.3, -0.25) is 9.59 Å². The fraction of sp³-hybridized carbons (Fsp3) is 0.308. The molecule has 0 unspecified atom stereocenters. The molecule has 0 aromatic heterocycles. The maximum absolute atomic E-state index is 11.7. The Bertz CT molecular complexity index is 447.